The van der Waals surface area contributed by atoms with E-state index < -0.39 is 17.4 Å². The molecule has 0 aromatic heterocycles. The number of carbonyl (C=O) groups excluding carboxylic acids is 1. The lowest BCUT2D eigenvalue weighted by Gasteiger charge is -2.22. The number of phenolic OH excluding ortho intramolecular Hbond substituents is 1. The number of aliphatic carboxylic acids is 1. The van der Waals surface area contributed by atoms with Crippen LogP contribution < -0.4 is 4.74 Å². The van der Waals surface area contributed by atoms with Gasteiger partial charge in [0.05, 0.1) is 7.11 Å². The molecular weight excluding hydrogens is 288 g/mol. The number of hydrogen-bond acceptors (Lipinski definition) is 5. The van der Waals surface area contributed by atoms with Gasteiger partial charge in [-0.3, -0.25) is 4.79 Å². The number of hydrogen-bond donors (Lipinski definition) is 3. The number of phenols is 1. The number of aliphatic hydroxyl groups is 1. The first-order valence-electron chi connectivity index (χ1n) is 6.34. The minimum absolute atomic E-state index is 0.00616. The van der Waals surface area contributed by atoms with Crippen molar-refractivity contribution in [2.24, 2.45) is 0 Å². The van der Waals surface area contributed by atoms with Gasteiger partial charge in [0, 0.05) is 11.1 Å². The Morgan fingerprint density at radius 2 is 1.73 bits per heavy atom. The fourth-order valence-corrected chi connectivity index (χ4v) is 2.06. The van der Waals surface area contributed by atoms with Crippen LogP contribution in [-0.4, -0.2) is 34.2 Å². The predicted octanol–water partition coefficient (Wildman–Crippen LogP) is 1.56. The smallest absolute Gasteiger partial charge is 0.348 e. The molecule has 0 heterocycles. The van der Waals surface area contributed by atoms with Gasteiger partial charge in [-0.1, -0.05) is 30.3 Å². The lowest BCUT2D eigenvalue weighted by atomic mass is 9.86. The van der Waals surface area contributed by atoms with E-state index in [1.54, 1.807) is 6.07 Å². The van der Waals surface area contributed by atoms with Crippen LogP contribution in [0, 0.1) is 0 Å². The summed E-state index contributed by atoms with van der Waals surface area (Å²) < 4.78 is 4.88. The van der Waals surface area contributed by atoms with Crippen LogP contribution in [0.3, 0.4) is 0 Å². The number of benzene rings is 2. The van der Waals surface area contributed by atoms with Crippen LogP contribution in [0.4, 0.5) is 0 Å². The Morgan fingerprint density at radius 3 is 2.27 bits per heavy atom. The molecule has 2 rings (SSSR count). The monoisotopic (exact) mass is 302 g/mol. The number of carboxylic acids is 1. The van der Waals surface area contributed by atoms with Crippen molar-refractivity contribution in [3.8, 4) is 11.5 Å². The normalized spacial score (nSPS) is 13.2. The molecule has 0 aliphatic rings. The van der Waals surface area contributed by atoms with Crippen LogP contribution in [0.1, 0.15) is 15.9 Å². The second kappa shape index (κ2) is 5.87. The SMILES string of the molecule is COc1cc(C(=O)C(O)(C(=O)O)c2ccccc2)ccc1O. The third kappa shape index (κ3) is 2.51. The molecule has 0 aliphatic carbocycles. The third-order valence-electron chi connectivity index (χ3n) is 3.27. The van der Waals surface area contributed by atoms with Crippen molar-refractivity contribution in [1.29, 1.82) is 0 Å². The number of ketones is 1. The van der Waals surface area contributed by atoms with E-state index in [4.69, 9.17) is 4.74 Å². The van der Waals surface area contributed by atoms with Crippen molar-refractivity contribution in [1.82, 2.24) is 0 Å². The molecule has 0 radical (unpaired) electrons. The number of aromatic hydroxyl groups is 1. The van der Waals surface area contributed by atoms with E-state index in [2.05, 4.69) is 0 Å². The Kier molecular flexibility index (Phi) is 4.14. The Labute approximate surface area is 126 Å². The average molecular weight is 302 g/mol. The standard InChI is InChI=1S/C16H14O6/c1-22-13-9-10(7-8-12(13)17)14(18)16(21,15(19)20)11-5-3-2-4-6-11/h2-9,17,21H,1H3,(H,19,20). The summed E-state index contributed by atoms with van der Waals surface area (Å²) in [5.74, 6) is -2.90. The van der Waals surface area contributed by atoms with Crippen molar-refractivity contribution in [3.63, 3.8) is 0 Å². The van der Waals surface area contributed by atoms with Gasteiger partial charge in [0.25, 0.3) is 5.60 Å². The predicted molar refractivity (Wildman–Crippen MR) is 77.0 cm³/mol. The highest BCUT2D eigenvalue weighted by atomic mass is 16.5. The summed E-state index contributed by atoms with van der Waals surface area (Å²) in [6.45, 7) is 0. The lowest BCUT2D eigenvalue weighted by molar-refractivity contribution is -0.154. The van der Waals surface area contributed by atoms with Gasteiger partial charge in [0.15, 0.2) is 11.5 Å². The van der Waals surface area contributed by atoms with Gasteiger partial charge >= 0.3 is 5.97 Å². The first kappa shape index (κ1) is 15.5. The molecule has 3 N–H and O–H groups in total. The fraction of sp³-hybridized carbons (Fsp3) is 0.125. The Bertz CT molecular complexity index is 710. The number of rotatable bonds is 5. The zero-order chi connectivity index (χ0) is 16.3. The number of Topliss-reactive ketones (excluding diaryl/α,β-unsaturated/α-hetero) is 1. The zero-order valence-corrected chi connectivity index (χ0v) is 11.7. The third-order valence-corrected chi connectivity index (χ3v) is 3.27. The van der Waals surface area contributed by atoms with Crippen LogP contribution in [0.25, 0.3) is 0 Å². The zero-order valence-electron chi connectivity index (χ0n) is 11.7. The van der Waals surface area contributed by atoms with Crippen LogP contribution in [0.15, 0.2) is 48.5 Å². The maximum Gasteiger partial charge on any atom is 0.348 e. The van der Waals surface area contributed by atoms with Crippen LogP contribution in [0.5, 0.6) is 11.5 Å². The molecule has 0 fully saturated rings. The molecule has 6 heteroatoms. The van der Waals surface area contributed by atoms with Crippen molar-refractivity contribution >= 4 is 11.8 Å². The van der Waals surface area contributed by atoms with Crippen molar-refractivity contribution < 1.29 is 29.6 Å². The summed E-state index contributed by atoms with van der Waals surface area (Å²) in [6, 6.07) is 11.0. The average Bonchev–Trinajstić information content (AvgIpc) is 2.54. The Morgan fingerprint density at radius 1 is 1.09 bits per heavy atom. The Balaban J connectivity index is 2.55. The van der Waals surface area contributed by atoms with Crippen molar-refractivity contribution in [2.75, 3.05) is 7.11 Å². The minimum Gasteiger partial charge on any atom is -0.504 e. The van der Waals surface area contributed by atoms with Gasteiger partial charge in [-0.15, -0.1) is 0 Å². The first-order valence-corrected chi connectivity index (χ1v) is 6.34. The van der Waals surface area contributed by atoms with Gasteiger partial charge in [-0.25, -0.2) is 4.79 Å². The molecule has 0 aliphatic heterocycles. The quantitative estimate of drug-likeness (QED) is 0.572. The molecule has 1 atom stereocenters. The van der Waals surface area contributed by atoms with Gasteiger partial charge in [-0.05, 0) is 18.2 Å². The first-order chi connectivity index (χ1) is 10.4. The number of carbonyl (C=O) groups is 2. The molecule has 22 heavy (non-hydrogen) atoms. The van der Waals surface area contributed by atoms with E-state index in [1.807, 2.05) is 0 Å². The molecule has 0 bridgehead atoms. The maximum absolute atomic E-state index is 12.5. The van der Waals surface area contributed by atoms with E-state index in [0.717, 1.165) is 0 Å². The molecule has 0 saturated carbocycles. The van der Waals surface area contributed by atoms with Crippen LogP contribution >= 0.6 is 0 Å². The molecule has 6 nitrogen and oxygen atoms in total. The minimum atomic E-state index is -2.72. The van der Waals surface area contributed by atoms with Gasteiger partial charge in [0.1, 0.15) is 0 Å². The van der Waals surface area contributed by atoms with Crippen LogP contribution in [0.2, 0.25) is 0 Å². The number of ether oxygens (including phenoxy) is 1. The van der Waals surface area contributed by atoms with Crippen LogP contribution in [-0.2, 0) is 10.4 Å². The second-order valence-electron chi connectivity index (χ2n) is 4.60. The summed E-state index contributed by atoms with van der Waals surface area (Å²) in [7, 11) is 1.30. The molecule has 0 saturated heterocycles. The van der Waals surface area contributed by atoms with E-state index >= 15 is 0 Å². The summed E-state index contributed by atoms with van der Waals surface area (Å²) in [5.41, 5.74) is -2.87. The topological polar surface area (TPSA) is 104 Å². The van der Waals surface area contributed by atoms with E-state index in [-0.39, 0.29) is 22.6 Å². The maximum atomic E-state index is 12.5. The molecule has 114 valence electrons. The summed E-state index contributed by atoms with van der Waals surface area (Å²) >= 11 is 0. The van der Waals surface area contributed by atoms with Crippen molar-refractivity contribution in [2.45, 2.75) is 5.60 Å². The lowest BCUT2D eigenvalue weighted by Crippen LogP contribution is -2.43. The summed E-state index contributed by atoms with van der Waals surface area (Å²) in [5, 5.41) is 29.3. The van der Waals surface area contributed by atoms with E-state index in [0.29, 0.717) is 0 Å². The summed E-state index contributed by atoms with van der Waals surface area (Å²) in [4.78, 5) is 24.0. The number of carboxylic acid groups (broad SMARTS) is 1. The van der Waals surface area contributed by atoms with Crippen molar-refractivity contribution in [3.05, 3.63) is 59.7 Å². The van der Waals surface area contributed by atoms with Gasteiger partial charge in [0.2, 0.25) is 5.78 Å². The molecule has 1 unspecified atom stereocenters. The van der Waals surface area contributed by atoms with E-state index in [1.165, 1.54) is 49.6 Å². The molecule has 0 amide bonds. The molecule has 2 aromatic carbocycles. The highest BCUT2D eigenvalue weighted by molar-refractivity contribution is 6.15. The largest absolute Gasteiger partial charge is 0.504 e. The Hall–Kier alpha value is -2.86. The van der Waals surface area contributed by atoms with Gasteiger partial charge in [-0.2, -0.15) is 0 Å². The van der Waals surface area contributed by atoms with E-state index in [9.17, 15) is 24.9 Å². The molecule has 2 aromatic rings. The second-order valence-corrected chi connectivity index (χ2v) is 4.60. The highest BCUT2D eigenvalue weighted by Crippen LogP contribution is 2.31. The summed E-state index contributed by atoms with van der Waals surface area (Å²) in [6.07, 6.45) is 0. The molecule has 0 spiro atoms. The fourth-order valence-electron chi connectivity index (χ4n) is 2.06. The highest BCUT2D eigenvalue weighted by Gasteiger charge is 2.46. The number of methoxy groups -OCH3 is 1. The van der Waals surface area contributed by atoms with Gasteiger partial charge < -0.3 is 20.1 Å². The molecular formula is C16H14O6.